The van der Waals surface area contributed by atoms with E-state index < -0.39 is 0 Å². The molecule has 1 aromatic carbocycles. The largest absolute Gasteiger partial charge is 0.337 e. The van der Waals surface area contributed by atoms with Crippen LogP contribution < -0.4 is 0 Å². The molecular weight excluding hydrogens is 290 g/mol. The van der Waals surface area contributed by atoms with E-state index in [1.165, 1.54) is 5.56 Å². The molecule has 3 rings (SSSR count). The maximum Gasteiger partial charge on any atom is 0.178 e. The van der Waals surface area contributed by atoms with Gasteiger partial charge in [-0.15, -0.1) is 0 Å². The molecule has 0 bridgehead atoms. The van der Waals surface area contributed by atoms with Crippen molar-refractivity contribution in [2.24, 2.45) is 0 Å². The molecule has 0 fully saturated rings. The van der Waals surface area contributed by atoms with Crippen molar-refractivity contribution in [1.82, 2.24) is 15.0 Å². The van der Waals surface area contributed by atoms with Gasteiger partial charge in [0.25, 0.3) is 0 Å². The van der Waals surface area contributed by atoms with Crippen molar-refractivity contribution >= 4 is 27.1 Å². The van der Waals surface area contributed by atoms with Gasteiger partial charge in [-0.25, -0.2) is 9.97 Å². The molecule has 0 spiro atoms. The van der Waals surface area contributed by atoms with Crippen LogP contribution in [0.2, 0.25) is 0 Å². The molecule has 2 heterocycles. The Balaban J connectivity index is 2.19. The highest BCUT2D eigenvalue weighted by molar-refractivity contribution is 9.10. The first-order valence-corrected chi connectivity index (χ1v) is 6.51. The Morgan fingerprint density at radius 2 is 1.89 bits per heavy atom. The van der Waals surface area contributed by atoms with Crippen molar-refractivity contribution in [2.75, 3.05) is 0 Å². The van der Waals surface area contributed by atoms with Crippen LogP contribution in [0.3, 0.4) is 0 Å². The van der Waals surface area contributed by atoms with Gasteiger partial charge < -0.3 is 4.98 Å². The summed E-state index contributed by atoms with van der Waals surface area (Å²) >= 11 is 3.51. The summed E-state index contributed by atoms with van der Waals surface area (Å²) in [5.74, 6) is 0.854. The van der Waals surface area contributed by atoms with Crippen molar-refractivity contribution in [2.45, 2.75) is 13.8 Å². The number of imidazole rings is 1. The molecule has 3 nitrogen and oxygen atoms in total. The van der Waals surface area contributed by atoms with Gasteiger partial charge in [-0.2, -0.15) is 0 Å². The summed E-state index contributed by atoms with van der Waals surface area (Å²) in [6.07, 6.45) is 1.83. The molecule has 0 saturated heterocycles. The molecule has 0 aliphatic rings. The number of rotatable bonds is 1. The predicted molar refractivity (Wildman–Crippen MR) is 76.5 cm³/mol. The van der Waals surface area contributed by atoms with E-state index in [0.717, 1.165) is 32.6 Å². The Labute approximate surface area is 113 Å². The monoisotopic (exact) mass is 301 g/mol. The van der Waals surface area contributed by atoms with E-state index in [9.17, 15) is 0 Å². The van der Waals surface area contributed by atoms with Gasteiger partial charge in [-0.3, -0.25) is 0 Å². The predicted octanol–water partition coefficient (Wildman–Crippen LogP) is 4.00. The first-order valence-electron chi connectivity index (χ1n) is 5.72. The number of hydrogen-bond donors (Lipinski definition) is 1. The fraction of sp³-hybridized carbons (Fsp3) is 0.143. The third-order valence-electron chi connectivity index (χ3n) is 2.79. The van der Waals surface area contributed by atoms with E-state index in [4.69, 9.17) is 0 Å². The Kier molecular flexibility index (Phi) is 2.67. The number of pyridine rings is 1. The minimum absolute atomic E-state index is 0.758. The fourth-order valence-electron chi connectivity index (χ4n) is 2.01. The molecule has 0 amide bonds. The van der Waals surface area contributed by atoms with Crippen LogP contribution in [-0.2, 0) is 0 Å². The summed E-state index contributed by atoms with van der Waals surface area (Å²) < 4.78 is 1.06. The molecule has 0 aliphatic heterocycles. The number of benzene rings is 1. The van der Waals surface area contributed by atoms with Crippen LogP contribution in [0, 0.1) is 13.8 Å². The van der Waals surface area contributed by atoms with Gasteiger partial charge in [-0.05, 0) is 49.2 Å². The van der Waals surface area contributed by atoms with E-state index >= 15 is 0 Å². The maximum absolute atomic E-state index is 4.52. The fourth-order valence-corrected chi connectivity index (χ4v) is 2.62. The molecule has 0 radical (unpaired) electrons. The highest BCUT2D eigenvalue weighted by Gasteiger charge is 2.07. The van der Waals surface area contributed by atoms with Gasteiger partial charge in [0.1, 0.15) is 5.82 Å². The Morgan fingerprint density at radius 1 is 1.06 bits per heavy atom. The number of halogens is 1. The van der Waals surface area contributed by atoms with Gasteiger partial charge in [-0.1, -0.05) is 15.9 Å². The van der Waals surface area contributed by atoms with Crippen molar-refractivity contribution in [3.8, 4) is 11.4 Å². The van der Waals surface area contributed by atoms with Crippen LogP contribution in [0.5, 0.6) is 0 Å². The number of H-pyrrole nitrogens is 1. The molecule has 4 heteroatoms. The summed E-state index contributed by atoms with van der Waals surface area (Å²) in [5, 5.41) is 0. The Hall–Kier alpha value is -1.68. The van der Waals surface area contributed by atoms with Crippen molar-refractivity contribution in [3.05, 3.63) is 46.1 Å². The van der Waals surface area contributed by atoms with Crippen LogP contribution in [0.4, 0.5) is 0 Å². The van der Waals surface area contributed by atoms with Gasteiger partial charge in [0, 0.05) is 16.2 Å². The van der Waals surface area contributed by atoms with Crippen LogP contribution in [0.25, 0.3) is 22.6 Å². The molecule has 90 valence electrons. The number of hydrogen-bond acceptors (Lipinski definition) is 2. The number of aromatic amines is 1. The zero-order valence-electron chi connectivity index (χ0n) is 10.2. The molecule has 2 aromatic heterocycles. The van der Waals surface area contributed by atoms with Crippen LogP contribution >= 0.6 is 15.9 Å². The summed E-state index contributed by atoms with van der Waals surface area (Å²) in [5.41, 5.74) is 5.13. The summed E-state index contributed by atoms with van der Waals surface area (Å²) in [6.45, 7) is 4.09. The maximum atomic E-state index is 4.52. The Morgan fingerprint density at radius 3 is 2.67 bits per heavy atom. The van der Waals surface area contributed by atoms with E-state index in [1.807, 2.05) is 13.1 Å². The zero-order valence-corrected chi connectivity index (χ0v) is 11.7. The number of aromatic nitrogens is 3. The molecule has 0 aliphatic carbocycles. The molecule has 18 heavy (non-hydrogen) atoms. The van der Waals surface area contributed by atoms with E-state index in [2.05, 4.69) is 62.1 Å². The van der Waals surface area contributed by atoms with Crippen molar-refractivity contribution in [3.63, 3.8) is 0 Å². The van der Waals surface area contributed by atoms with Gasteiger partial charge in [0.15, 0.2) is 5.65 Å². The third-order valence-corrected chi connectivity index (χ3v) is 3.25. The van der Waals surface area contributed by atoms with Crippen LogP contribution in [-0.4, -0.2) is 15.0 Å². The smallest absolute Gasteiger partial charge is 0.178 e. The molecule has 0 atom stereocenters. The molecular formula is C14H12BrN3. The summed E-state index contributed by atoms with van der Waals surface area (Å²) in [6, 6.07) is 8.30. The highest BCUT2D eigenvalue weighted by Crippen LogP contribution is 2.24. The van der Waals surface area contributed by atoms with Crippen LogP contribution in [0.15, 0.2) is 34.9 Å². The lowest BCUT2D eigenvalue weighted by Crippen LogP contribution is -1.82. The number of nitrogens with one attached hydrogen (secondary N) is 1. The average Bonchev–Trinajstić information content (AvgIpc) is 2.70. The first-order chi connectivity index (χ1) is 8.61. The number of nitrogens with zero attached hydrogens (tertiary/aromatic N) is 2. The van der Waals surface area contributed by atoms with E-state index in [1.54, 1.807) is 0 Å². The second-order valence-corrected chi connectivity index (χ2v) is 5.40. The number of aryl methyl sites for hydroxylation is 2. The van der Waals surface area contributed by atoms with Crippen molar-refractivity contribution < 1.29 is 0 Å². The number of fused-ring (bicyclic) bond motifs is 1. The van der Waals surface area contributed by atoms with Crippen molar-refractivity contribution in [1.29, 1.82) is 0 Å². The molecule has 0 unspecified atom stereocenters. The second kappa shape index (κ2) is 4.21. The Bertz CT molecular complexity index is 711. The normalized spacial score (nSPS) is 11.1. The first kappa shape index (κ1) is 11.4. The lowest BCUT2D eigenvalue weighted by atomic mass is 10.1. The highest BCUT2D eigenvalue weighted by atomic mass is 79.9. The lowest BCUT2D eigenvalue weighted by molar-refractivity contribution is 1.28. The average molecular weight is 302 g/mol. The summed E-state index contributed by atoms with van der Waals surface area (Å²) in [7, 11) is 0. The quantitative estimate of drug-likeness (QED) is 0.738. The second-order valence-electron chi connectivity index (χ2n) is 4.49. The minimum Gasteiger partial charge on any atom is -0.337 e. The minimum atomic E-state index is 0.758. The molecule has 1 N–H and O–H groups in total. The van der Waals surface area contributed by atoms with Gasteiger partial charge in [0.05, 0.1) is 5.52 Å². The summed E-state index contributed by atoms with van der Waals surface area (Å²) in [4.78, 5) is 12.1. The SMILES string of the molecule is Cc1cc(Br)cc(-c2nc3ncc(C)cc3[nH]2)c1. The van der Waals surface area contributed by atoms with E-state index in [-0.39, 0.29) is 0 Å². The van der Waals surface area contributed by atoms with E-state index in [0.29, 0.717) is 0 Å². The van der Waals surface area contributed by atoms with Gasteiger partial charge >= 0.3 is 0 Å². The molecule has 0 saturated carbocycles. The topological polar surface area (TPSA) is 41.6 Å². The standard InChI is InChI=1S/C14H12BrN3/c1-8-3-10(6-11(15)4-8)13-17-12-5-9(2)7-16-14(12)18-13/h3-7H,1-2H3,(H,16,17,18). The lowest BCUT2D eigenvalue weighted by Gasteiger charge is -2.00. The molecule has 3 aromatic rings. The zero-order chi connectivity index (χ0) is 12.7. The van der Waals surface area contributed by atoms with Crippen LogP contribution in [0.1, 0.15) is 11.1 Å². The van der Waals surface area contributed by atoms with Gasteiger partial charge in [0.2, 0.25) is 0 Å². The third kappa shape index (κ3) is 2.04.